The van der Waals surface area contributed by atoms with Gasteiger partial charge in [-0.05, 0) is 57.5 Å². The van der Waals surface area contributed by atoms with Crippen molar-refractivity contribution in [3.05, 3.63) is 59.9 Å². The summed E-state index contributed by atoms with van der Waals surface area (Å²) in [5, 5.41) is 2.83. The van der Waals surface area contributed by atoms with Gasteiger partial charge in [-0.15, -0.1) is 0 Å². The summed E-state index contributed by atoms with van der Waals surface area (Å²) in [4.78, 5) is 27.5. The second-order valence-electron chi connectivity index (χ2n) is 8.30. The number of amides is 2. The first-order valence-electron chi connectivity index (χ1n) is 11.5. The van der Waals surface area contributed by atoms with Crippen molar-refractivity contribution in [2.45, 2.75) is 52.7 Å². The molecule has 2 atom stereocenters. The van der Waals surface area contributed by atoms with Crippen molar-refractivity contribution in [2.75, 3.05) is 23.7 Å². The lowest BCUT2D eigenvalue weighted by Crippen LogP contribution is -2.52. The minimum absolute atomic E-state index is 0.119. The van der Waals surface area contributed by atoms with Crippen LogP contribution in [0.2, 0.25) is 0 Å². The molecule has 0 fully saturated rings. The maximum atomic E-state index is 14.4. The summed E-state index contributed by atoms with van der Waals surface area (Å²) in [7, 11) is -3.85. The van der Waals surface area contributed by atoms with Gasteiger partial charge in [0, 0.05) is 18.2 Å². The summed E-state index contributed by atoms with van der Waals surface area (Å²) >= 11 is 0. The SMILES string of the molecule is CCOc1ccc(N(CC(=O)N(Cc2ccccc2F)C(C)C(=O)NC(C)CC)S(C)(=O)=O)cc1. The van der Waals surface area contributed by atoms with Crippen molar-refractivity contribution in [1.29, 1.82) is 0 Å². The first-order chi connectivity index (χ1) is 16.5. The predicted octanol–water partition coefficient (Wildman–Crippen LogP) is 3.32. The fourth-order valence-corrected chi connectivity index (χ4v) is 4.20. The Labute approximate surface area is 207 Å². The third-order valence-electron chi connectivity index (χ3n) is 5.58. The molecule has 1 N–H and O–H groups in total. The van der Waals surface area contributed by atoms with Crippen LogP contribution in [0.3, 0.4) is 0 Å². The van der Waals surface area contributed by atoms with E-state index in [0.29, 0.717) is 18.8 Å². The fraction of sp³-hybridized carbons (Fsp3) is 0.440. The van der Waals surface area contributed by atoms with Crippen LogP contribution in [0.15, 0.2) is 48.5 Å². The molecule has 35 heavy (non-hydrogen) atoms. The molecule has 0 spiro atoms. The summed E-state index contributed by atoms with van der Waals surface area (Å²) in [6, 6.07) is 11.2. The number of rotatable bonds is 12. The van der Waals surface area contributed by atoms with Crippen LogP contribution in [0.5, 0.6) is 5.75 Å². The number of nitrogens with one attached hydrogen (secondary N) is 1. The number of nitrogens with zero attached hydrogens (tertiary/aromatic N) is 2. The zero-order valence-electron chi connectivity index (χ0n) is 20.8. The normalized spacial score (nSPS) is 13.0. The van der Waals surface area contributed by atoms with Gasteiger partial charge in [0.2, 0.25) is 21.8 Å². The van der Waals surface area contributed by atoms with Gasteiger partial charge in [-0.3, -0.25) is 13.9 Å². The first-order valence-corrected chi connectivity index (χ1v) is 13.4. The minimum Gasteiger partial charge on any atom is -0.494 e. The molecule has 2 rings (SSSR count). The Morgan fingerprint density at radius 2 is 1.69 bits per heavy atom. The van der Waals surface area contributed by atoms with E-state index in [1.54, 1.807) is 30.3 Å². The fourth-order valence-electron chi connectivity index (χ4n) is 3.35. The van der Waals surface area contributed by atoms with Crippen LogP contribution in [0.1, 0.15) is 39.7 Å². The van der Waals surface area contributed by atoms with E-state index in [9.17, 15) is 22.4 Å². The Bertz CT molecular complexity index is 1110. The Morgan fingerprint density at radius 1 is 1.06 bits per heavy atom. The number of anilines is 1. The van der Waals surface area contributed by atoms with Gasteiger partial charge < -0.3 is 15.0 Å². The number of benzene rings is 2. The Hall–Kier alpha value is -3.14. The molecule has 2 aromatic rings. The maximum absolute atomic E-state index is 14.4. The highest BCUT2D eigenvalue weighted by Crippen LogP contribution is 2.23. The number of carbonyl (C=O) groups is 2. The molecule has 0 aliphatic heterocycles. The van der Waals surface area contributed by atoms with Crippen LogP contribution in [0.25, 0.3) is 0 Å². The molecule has 0 aliphatic carbocycles. The summed E-state index contributed by atoms with van der Waals surface area (Å²) in [6.07, 6.45) is 1.69. The monoisotopic (exact) mass is 507 g/mol. The van der Waals surface area contributed by atoms with Crippen LogP contribution in [-0.4, -0.2) is 56.6 Å². The molecular weight excluding hydrogens is 473 g/mol. The lowest BCUT2D eigenvalue weighted by atomic mass is 10.1. The van der Waals surface area contributed by atoms with Gasteiger partial charge in [-0.1, -0.05) is 25.1 Å². The molecule has 0 saturated carbocycles. The van der Waals surface area contributed by atoms with Crippen molar-refractivity contribution >= 4 is 27.5 Å². The van der Waals surface area contributed by atoms with E-state index in [1.165, 1.54) is 30.0 Å². The lowest BCUT2D eigenvalue weighted by molar-refractivity contribution is -0.139. The van der Waals surface area contributed by atoms with Crippen molar-refractivity contribution in [3.8, 4) is 5.75 Å². The highest BCUT2D eigenvalue weighted by Gasteiger charge is 2.31. The number of hydrogen-bond donors (Lipinski definition) is 1. The van der Waals surface area contributed by atoms with Crippen LogP contribution in [0, 0.1) is 5.82 Å². The quantitative estimate of drug-likeness (QED) is 0.476. The predicted molar refractivity (Wildman–Crippen MR) is 134 cm³/mol. The molecule has 8 nitrogen and oxygen atoms in total. The summed E-state index contributed by atoms with van der Waals surface area (Å²) in [6.45, 7) is 6.83. The molecule has 0 radical (unpaired) electrons. The number of ether oxygens (including phenoxy) is 1. The molecule has 2 aromatic carbocycles. The Morgan fingerprint density at radius 3 is 2.23 bits per heavy atom. The van der Waals surface area contributed by atoms with Crippen LogP contribution < -0.4 is 14.4 Å². The topological polar surface area (TPSA) is 96.0 Å². The van der Waals surface area contributed by atoms with Crippen molar-refractivity contribution in [1.82, 2.24) is 10.2 Å². The van der Waals surface area contributed by atoms with E-state index in [4.69, 9.17) is 4.74 Å². The molecule has 0 bridgehead atoms. The Balaban J connectivity index is 2.38. The number of hydrogen-bond acceptors (Lipinski definition) is 5. The molecule has 10 heteroatoms. The molecular formula is C25H34FN3O5S. The lowest BCUT2D eigenvalue weighted by Gasteiger charge is -2.32. The number of halogens is 1. The van der Waals surface area contributed by atoms with E-state index >= 15 is 0 Å². The molecule has 0 heterocycles. The summed E-state index contributed by atoms with van der Waals surface area (Å²) in [5.74, 6) is -1.01. The minimum atomic E-state index is -3.85. The van der Waals surface area contributed by atoms with Gasteiger partial charge in [0.1, 0.15) is 24.2 Å². The van der Waals surface area contributed by atoms with Crippen molar-refractivity contribution < 1.29 is 27.1 Å². The molecule has 0 saturated heterocycles. The number of carbonyl (C=O) groups excluding carboxylic acids is 2. The third kappa shape index (κ3) is 7.95. The zero-order valence-corrected chi connectivity index (χ0v) is 21.6. The Kier molecular flexibility index (Phi) is 10.1. The summed E-state index contributed by atoms with van der Waals surface area (Å²) in [5.41, 5.74) is 0.489. The van der Waals surface area contributed by atoms with Gasteiger partial charge >= 0.3 is 0 Å². The highest BCUT2D eigenvalue weighted by molar-refractivity contribution is 7.92. The van der Waals surface area contributed by atoms with Gasteiger partial charge in [0.25, 0.3) is 0 Å². The van der Waals surface area contributed by atoms with Crippen LogP contribution in [-0.2, 0) is 26.2 Å². The molecule has 2 amide bonds. The van der Waals surface area contributed by atoms with Gasteiger partial charge in [-0.25, -0.2) is 12.8 Å². The van der Waals surface area contributed by atoms with E-state index < -0.39 is 40.2 Å². The highest BCUT2D eigenvalue weighted by atomic mass is 32.2. The molecule has 0 aliphatic rings. The van der Waals surface area contributed by atoms with Gasteiger partial charge in [0.15, 0.2) is 0 Å². The largest absolute Gasteiger partial charge is 0.494 e. The van der Waals surface area contributed by atoms with E-state index in [2.05, 4.69) is 5.32 Å². The summed E-state index contributed by atoms with van der Waals surface area (Å²) < 4.78 is 45.9. The van der Waals surface area contributed by atoms with Crippen LogP contribution >= 0.6 is 0 Å². The van der Waals surface area contributed by atoms with Crippen molar-refractivity contribution in [2.24, 2.45) is 0 Å². The second kappa shape index (κ2) is 12.5. The second-order valence-corrected chi connectivity index (χ2v) is 10.2. The van der Waals surface area contributed by atoms with Crippen molar-refractivity contribution in [3.63, 3.8) is 0 Å². The average molecular weight is 508 g/mol. The molecule has 2 unspecified atom stereocenters. The van der Waals surface area contributed by atoms with E-state index in [1.807, 2.05) is 20.8 Å². The maximum Gasteiger partial charge on any atom is 0.244 e. The third-order valence-corrected chi connectivity index (χ3v) is 6.72. The van der Waals surface area contributed by atoms with Gasteiger partial charge in [0.05, 0.1) is 18.6 Å². The van der Waals surface area contributed by atoms with Crippen LogP contribution in [0.4, 0.5) is 10.1 Å². The standard InChI is InChI=1S/C25H34FN3O5S/c1-6-18(3)27-25(31)19(4)28(16-20-10-8-9-11-23(20)26)24(30)17-29(35(5,32)33)21-12-14-22(15-13-21)34-7-2/h8-15,18-19H,6-7,16-17H2,1-5H3,(H,27,31). The van der Waals surface area contributed by atoms with Gasteiger partial charge in [-0.2, -0.15) is 0 Å². The van der Waals surface area contributed by atoms with E-state index in [0.717, 1.165) is 10.6 Å². The first kappa shape index (κ1) is 28.1. The zero-order chi connectivity index (χ0) is 26.2. The number of sulfonamides is 1. The molecule has 192 valence electrons. The van der Waals surface area contributed by atoms with E-state index in [-0.39, 0.29) is 23.8 Å². The average Bonchev–Trinajstić information content (AvgIpc) is 2.81. The smallest absolute Gasteiger partial charge is 0.244 e. The molecule has 0 aromatic heterocycles.